The number of carbonyl (C=O) groups excluding carboxylic acids is 1. The Bertz CT molecular complexity index is 488. The molecule has 0 aliphatic rings. The topological polar surface area (TPSA) is 72.7 Å². The van der Waals surface area contributed by atoms with Gasteiger partial charge in [0, 0.05) is 24.7 Å². The second kappa shape index (κ2) is 8.06. The van der Waals surface area contributed by atoms with Crippen molar-refractivity contribution in [3.63, 3.8) is 0 Å². The number of nitrogens with zero attached hydrogens (tertiary/aromatic N) is 2. The zero-order chi connectivity index (χ0) is 15.0. The van der Waals surface area contributed by atoms with Crippen LogP contribution in [0.1, 0.15) is 12.5 Å². The van der Waals surface area contributed by atoms with Crippen LogP contribution in [0.3, 0.4) is 0 Å². The van der Waals surface area contributed by atoms with Gasteiger partial charge in [-0.3, -0.25) is 19.8 Å². The van der Waals surface area contributed by atoms with Crippen LogP contribution in [0.15, 0.2) is 36.9 Å². The lowest BCUT2D eigenvalue weighted by Gasteiger charge is -2.19. The highest BCUT2D eigenvalue weighted by molar-refractivity contribution is 5.71. The fourth-order valence-corrected chi connectivity index (χ4v) is 1.82. The lowest BCUT2D eigenvalue weighted by Crippen LogP contribution is -2.31. The smallest absolute Gasteiger partial charge is 0.320 e. The predicted molar refractivity (Wildman–Crippen MR) is 75.2 cm³/mol. The molecule has 0 bridgehead atoms. The fourth-order valence-electron chi connectivity index (χ4n) is 1.82. The first-order valence-electron chi connectivity index (χ1n) is 6.29. The number of benzene rings is 1. The van der Waals surface area contributed by atoms with Gasteiger partial charge < -0.3 is 4.74 Å². The number of nitro groups is 1. The summed E-state index contributed by atoms with van der Waals surface area (Å²) in [6.45, 7) is 6.49. The summed E-state index contributed by atoms with van der Waals surface area (Å²) in [5.41, 5.74) is 0.606. The summed E-state index contributed by atoms with van der Waals surface area (Å²) in [6, 6.07) is 6.48. The van der Waals surface area contributed by atoms with Crippen LogP contribution in [-0.2, 0) is 16.1 Å². The van der Waals surface area contributed by atoms with Crippen molar-refractivity contribution < 1.29 is 14.5 Å². The SMILES string of the molecule is C=CCN(CC(=O)OCC)Cc1ccccc1[N+](=O)[O-]. The van der Waals surface area contributed by atoms with Crippen molar-refractivity contribution in [3.05, 3.63) is 52.6 Å². The molecule has 0 aliphatic carbocycles. The number of esters is 1. The lowest BCUT2D eigenvalue weighted by molar-refractivity contribution is -0.385. The minimum Gasteiger partial charge on any atom is -0.465 e. The number of rotatable bonds is 8. The zero-order valence-electron chi connectivity index (χ0n) is 11.4. The number of hydrogen-bond donors (Lipinski definition) is 0. The Morgan fingerprint density at radius 1 is 1.50 bits per heavy atom. The van der Waals surface area contributed by atoms with Gasteiger partial charge in [0.05, 0.1) is 18.1 Å². The minimum absolute atomic E-state index is 0.0467. The van der Waals surface area contributed by atoms with Crippen molar-refractivity contribution in [2.75, 3.05) is 19.7 Å². The number of nitro benzene ring substituents is 1. The molecule has 0 N–H and O–H groups in total. The lowest BCUT2D eigenvalue weighted by atomic mass is 10.1. The summed E-state index contributed by atoms with van der Waals surface area (Å²) in [4.78, 5) is 23.8. The van der Waals surface area contributed by atoms with Gasteiger partial charge in [-0.15, -0.1) is 6.58 Å². The standard InChI is InChI=1S/C14H18N2O4/c1-3-9-15(11-14(17)20-4-2)10-12-7-5-6-8-13(12)16(18)19/h3,5-8H,1,4,9-11H2,2H3. The van der Waals surface area contributed by atoms with Crippen molar-refractivity contribution in [1.29, 1.82) is 0 Å². The van der Waals surface area contributed by atoms with Crippen molar-refractivity contribution in [1.82, 2.24) is 4.90 Å². The minimum atomic E-state index is -0.425. The van der Waals surface area contributed by atoms with Crippen LogP contribution in [0.5, 0.6) is 0 Å². The molecule has 0 fully saturated rings. The highest BCUT2D eigenvalue weighted by Gasteiger charge is 2.17. The van der Waals surface area contributed by atoms with Gasteiger partial charge in [-0.1, -0.05) is 24.3 Å². The average molecular weight is 278 g/mol. The Balaban J connectivity index is 2.82. The molecule has 0 saturated heterocycles. The van der Waals surface area contributed by atoms with E-state index >= 15 is 0 Å². The highest BCUT2D eigenvalue weighted by atomic mass is 16.6. The van der Waals surface area contributed by atoms with Crippen molar-refractivity contribution in [2.45, 2.75) is 13.5 Å². The van der Waals surface area contributed by atoms with E-state index in [2.05, 4.69) is 6.58 Å². The molecule has 0 atom stereocenters. The van der Waals surface area contributed by atoms with Crippen molar-refractivity contribution in [3.8, 4) is 0 Å². The molecule has 0 unspecified atom stereocenters. The molecule has 6 heteroatoms. The van der Waals surface area contributed by atoms with Crippen LogP contribution in [0.2, 0.25) is 0 Å². The second-order valence-corrected chi connectivity index (χ2v) is 4.15. The Morgan fingerprint density at radius 3 is 2.80 bits per heavy atom. The molecule has 0 spiro atoms. The Labute approximate surface area is 117 Å². The highest BCUT2D eigenvalue weighted by Crippen LogP contribution is 2.19. The molecular weight excluding hydrogens is 260 g/mol. The number of hydrogen-bond acceptors (Lipinski definition) is 5. The second-order valence-electron chi connectivity index (χ2n) is 4.15. The molecule has 6 nitrogen and oxygen atoms in total. The van der Waals surface area contributed by atoms with Gasteiger partial charge in [-0.2, -0.15) is 0 Å². The van der Waals surface area contributed by atoms with Gasteiger partial charge in [0.15, 0.2) is 0 Å². The van der Waals surface area contributed by atoms with Gasteiger partial charge in [0.1, 0.15) is 0 Å². The molecule has 0 heterocycles. The maximum Gasteiger partial charge on any atom is 0.320 e. The van der Waals surface area contributed by atoms with Gasteiger partial charge >= 0.3 is 5.97 Å². The molecule has 1 aromatic rings. The molecule has 0 aromatic heterocycles. The van der Waals surface area contributed by atoms with E-state index in [1.807, 2.05) is 0 Å². The largest absolute Gasteiger partial charge is 0.465 e. The van der Waals surface area contributed by atoms with Gasteiger partial charge in [-0.25, -0.2) is 0 Å². The molecule has 0 aliphatic heterocycles. The van der Waals surface area contributed by atoms with E-state index in [0.29, 0.717) is 25.3 Å². The fraction of sp³-hybridized carbons (Fsp3) is 0.357. The van der Waals surface area contributed by atoms with Crippen molar-refractivity contribution >= 4 is 11.7 Å². The molecule has 108 valence electrons. The molecule has 1 aromatic carbocycles. The predicted octanol–water partition coefficient (Wildman–Crippen LogP) is 2.15. The first kappa shape index (κ1) is 15.8. The van der Waals surface area contributed by atoms with E-state index in [-0.39, 0.29) is 18.2 Å². The molecule has 0 radical (unpaired) electrons. The third kappa shape index (κ3) is 4.81. The normalized spacial score (nSPS) is 10.3. The summed E-state index contributed by atoms with van der Waals surface area (Å²) >= 11 is 0. The zero-order valence-corrected chi connectivity index (χ0v) is 11.4. The maximum absolute atomic E-state index is 11.5. The molecule has 1 rings (SSSR count). The van der Waals surface area contributed by atoms with Crippen LogP contribution in [0, 0.1) is 10.1 Å². The molecule has 0 saturated carbocycles. The van der Waals surface area contributed by atoms with E-state index in [9.17, 15) is 14.9 Å². The van der Waals surface area contributed by atoms with Crippen LogP contribution in [0.25, 0.3) is 0 Å². The van der Waals surface area contributed by atoms with Crippen LogP contribution < -0.4 is 0 Å². The van der Waals surface area contributed by atoms with Crippen LogP contribution in [0.4, 0.5) is 5.69 Å². The Morgan fingerprint density at radius 2 is 2.20 bits per heavy atom. The first-order chi connectivity index (χ1) is 9.58. The van der Waals surface area contributed by atoms with E-state index in [1.54, 1.807) is 36.1 Å². The quantitative estimate of drug-likeness (QED) is 0.315. The van der Waals surface area contributed by atoms with E-state index in [0.717, 1.165) is 0 Å². The molecule has 20 heavy (non-hydrogen) atoms. The monoisotopic (exact) mass is 278 g/mol. The molecular formula is C14H18N2O4. The maximum atomic E-state index is 11.5. The Hall–Kier alpha value is -2.21. The number of carbonyl (C=O) groups is 1. The number of para-hydroxylation sites is 1. The summed E-state index contributed by atoms with van der Waals surface area (Å²) in [5, 5.41) is 11.0. The molecule has 0 amide bonds. The van der Waals surface area contributed by atoms with Crippen LogP contribution >= 0.6 is 0 Å². The third-order valence-corrected chi connectivity index (χ3v) is 2.63. The summed E-state index contributed by atoms with van der Waals surface area (Å²) in [5.74, 6) is -0.354. The van der Waals surface area contributed by atoms with Gasteiger partial charge in [-0.05, 0) is 6.92 Å². The summed E-state index contributed by atoms with van der Waals surface area (Å²) < 4.78 is 4.89. The average Bonchev–Trinajstić information content (AvgIpc) is 2.39. The van der Waals surface area contributed by atoms with E-state index in [4.69, 9.17) is 4.74 Å². The summed E-state index contributed by atoms with van der Waals surface area (Å²) in [7, 11) is 0. The number of ether oxygens (including phenoxy) is 1. The van der Waals surface area contributed by atoms with Gasteiger partial charge in [0.25, 0.3) is 5.69 Å². The summed E-state index contributed by atoms with van der Waals surface area (Å²) in [6.07, 6.45) is 1.65. The van der Waals surface area contributed by atoms with Crippen LogP contribution in [-0.4, -0.2) is 35.5 Å². The third-order valence-electron chi connectivity index (χ3n) is 2.63. The first-order valence-corrected chi connectivity index (χ1v) is 6.29. The van der Waals surface area contributed by atoms with Crippen molar-refractivity contribution in [2.24, 2.45) is 0 Å². The Kier molecular flexibility index (Phi) is 6.39. The van der Waals surface area contributed by atoms with E-state index < -0.39 is 4.92 Å². The van der Waals surface area contributed by atoms with E-state index in [1.165, 1.54) is 6.07 Å². The van der Waals surface area contributed by atoms with Gasteiger partial charge in [0.2, 0.25) is 0 Å².